The van der Waals surface area contributed by atoms with Crippen LogP contribution in [0.2, 0.25) is 0 Å². The fraction of sp³-hybridized carbons (Fsp3) is 0.538. The van der Waals surface area contributed by atoms with Crippen LogP contribution in [-0.4, -0.2) is 37.3 Å². The standard InChI is InChI=1S/C13H17NO2S/c1-3-11(16-12-8-17-9-12)4-2-10(1)13-7-14-5-6-15-13/h1-4,12-14H,5-9H2. The first-order chi connectivity index (χ1) is 8.42. The number of rotatable bonds is 3. The number of benzene rings is 1. The molecule has 3 rings (SSSR count). The lowest BCUT2D eigenvalue weighted by atomic mass is 10.1. The topological polar surface area (TPSA) is 30.5 Å². The summed E-state index contributed by atoms with van der Waals surface area (Å²) in [6.07, 6.45) is 0.607. The van der Waals surface area contributed by atoms with Crippen molar-refractivity contribution in [2.75, 3.05) is 31.2 Å². The van der Waals surface area contributed by atoms with Crippen molar-refractivity contribution >= 4 is 11.8 Å². The highest BCUT2D eigenvalue weighted by atomic mass is 32.2. The number of ether oxygens (including phenoxy) is 2. The largest absolute Gasteiger partial charge is 0.489 e. The molecule has 2 aliphatic heterocycles. The van der Waals surface area contributed by atoms with Crippen molar-refractivity contribution in [3.8, 4) is 5.75 Å². The molecule has 2 fully saturated rings. The Morgan fingerprint density at radius 2 is 2.06 bits per heavy atom. The number of nitrogens with one attached hydrogen (secondary N) is 1. The van der Waals surface area contributed by atoms with Crippen molar-refractivity contribution < 1.29 is 9.47 Å². The third-order valence-electron chi connectivity index (χ3n) is 3.09. The summed E-state index contributed by atoms with van der Waals surface area (Å²) in [5, 5.41) is 3.34. The van der Waals surface area contributed by atoms with E-state index in [1.54, 1.807) is 0 Å². The van der Waals surface area contributed by atoms with Crippen molar-refractivity contribution in [3.05, 3.63) is 29.8 Å². The maximum absolute atomic E-state index is 5.82. The minimum Gasteiger partial charge on any atom is -0.489 e. The molecule has 1 aromatic carbocycles. The Hall–Kier alpha value is -0.710. The van der Waals surface area contributed by atoms with Crippen LogP contribution in [0.5, 0.6) is 5.75 Å². The molecule has 2 aliphatic rings. The van der Waals surface area contributed by atoms with E-state index >= 15 is 0 Å². The lowest BCUT2D eigenvalue weighted by Gasteiger charge is -2.27. The number of morpholine rings is 1. The van der Waals surface area contributed by atoms with E-state index in [1.165, 1.54) is 5.56 Å². The molecule has 92 valence electrons. The molecule has 0 bridgehead atoms. The van der Waals surface area contributed by atoms with Gasteiger partial charge in [-0.05, 0) is 17.7 Å². The van der Waals surface area contributed by atoms with E-state index in [0.29, 0.717) is 6.10 Å². The Labute approximate surface area is 106 Å². The number of hydrogen-bond acceptors (Lipinski definition) is 4. The first kappa shape index (κ1) is 11.4. The van der Waals surface area contributed by atoms with Gasteiger partial charge in [0.2, 0.25) is 0 Å². The van der Waals surface area contributed by atoms with Gasteiger partial charge in [0.25, 0.3) is 0 Å². The quantitative estimate of drug-likeness (QED) is 0.888. The normalized spacial score (nSPS) is 25.3. The van der Waals surface area contributed by atoms with Crippen LogP contribution < -0.4 is 10.1 Å². The molecule has 0 aromatic heterocycles. The molecule has 17 heavy (non-hydrogen) atoms. The molecule has 2 saturated heterocycles. The third kappa shape index (κ3) is 2.76. The Bertz CT molecular complexity index is 358. The molecule has 4 heteroatoms. The number of thioether (sulfide) groups is 1. The highest BCUT2D eigenvalue weighted by molar-refractivity contribution is 8.00. The molecular formula is C13H17NO2S. The van der Waals surface area contributed by atoms with Gasteiger partial charge in [-0.25, -0.2) is 0 Å². The fourth-order valence-corrected chi connectivity index (χ4v) is 2.58. The predicted molar refractivity (Wildman–Crippen MR) is 69.7 cm³/mol. The second-order valence-corrected chi connectivity index (χ2v) is 5.48. The van der Waals surface area contributed by atoms with E-state index in [2.05, 4.69) is 29.6 Å². The zero-order chi connectivity index (χ0) is 11.5. The summed E-state index contributed by atoms with van der Waals surface area (Å²) in [7, 11) is 0. The Morgan fingerprint density at radius 1 is 1.24 bits per heavy atom. The van der Waals surface area contributed by atoms with Crippen molar-refractivity contribution in [2.24, 2.45) is 0 Å². The maximum atomic E-state index is 5.82. The van der Waals surface area contributed by atoms with Gasteiger partial charge in [0.05, 0.1) is 12.7 Å². The van der Waals surface area contributed by atoms with Crippen LogP contribution in [0.4, 0.5) is 0 Å². The molecule has 1 unspecified atom stereocenters. The summed E-state index contributed by atoms with van der Waals surface area (Å²) < 4.78 is 11.5. The first-order valence-corrected chi connectivity index (χ1v) is 7.24. The van der Waals surface area contributed by atoms with Crippen LogP contribution in [0.25, 0.3) is 0 Å². The summed E-state index contributed by atoms with van der Waals surface area (Å²) >= 11 is 1.94. The van der Waals surface area contributed by atoms with Gasteiger partial charge < -0.3 is 14.8 Å². The highest BCUT2D eigenvalue weighted by Crippen LogP contribution is 2.26. The molecule has 1 atom stereocenters. The summed E-state index contributed by atoms with van der Waals surface area (Å²) in [4.78, 5) is 0. The van der Waals surface area contributed by atoms with Crippen LogP contribution in [0.15, 0.2) is 24.3 Å². The van der Waals surface area contributed by atoms with Crippen LogP contribution >= 0.6 is 11.8 Å². The van der Waals surface area contributed by atoms with Gasteiger partial charge in [-0.1, -0.05) is 12.1 Å². The molecule has 2 heterocycles. The average molecular weight is 251 g/mol. The molecule has 0 radical (unpaired) electrons. The first-order valence-electron chi connectivity index (χ1n) is 6.08. The average Bonchev–Trinajstić information content (AvgIpc) is 2.36. The van der Waals surface area contributed by atoms with Gasteiger partial charge in [-0.3, -0.25) is 0 Å². The smallest absolute Gasteiger partial charge is 0.119 e. The lowest BCUT2D eigenvalue weighted by molar-refractivity contribution is 0.0276. The third-order valence-corrected chi connectivity index (χ3v) is 4.30. The van der Waals surface area contributed by atoms with Gasteiger partial charge in [0, 0.05) is 24.6 Å². The molecule has 3 nitrogen and oxygen atoms in total. The fourth-order valence-electron chi connectivity index (χ4n) is 2.02. The molecular weight excluding hydrogens is 234 g/mol. The molecule has 0 amide bonds. The zero-order valence-corrected chi connectivity index (χ0v) is 10.5. The van der Waals surface area contributed by atoms with Crippen molar-refractivity contribution in [1.82, 2.24) is 5.32 Å². The van der Waals surface area contributed by atoms with E-state index in [0.717, 1.165) is 37.0 Å². The van der Waals surface area contributed by atoms with Gasteiger partial charge in [0.1, 0.15) is 11.9 Å². The Morgan fingerprint density at radius 3 is 2.65 bits per heavy atom. The number of hydrogen-bond donors (Lipinski definition) is 1. The molecule has 1 N–H and O–H groups in total. The van der Waals surface area contributed by atoms with Gasteiger partial charge >= 0.3 is 0 Å². The van der Waals surface area contributed by atoms with E-state index < -0.39 is 0 Å². The molecule has 0 aliphatic carbocycles. The van der Waals surface area contributed by atoms with Crippen molar-refractivity contribution in [1.29, 1.82) is 0 Å². The maximum Gasteiger partial charge on any atom is 0.119 e. The van der Waals surface area contributed by atoms with E-state index in [-0.39, 0.29) is 6.10 Å². The second kappa shape index (κ2) is 5.29. The summed E-state index contributed by atoms with van der Waals surface area (Å²) in [6, 6.07) is 8.32. The Kier molecular flexibility index (Phi) is 3.54. The minimum absolute atomic E-state index is 0.192. The predicted octanol–water partition coefficient (Wildman–Crippen LogP) is 1.84. The SMILES string of the molecule is c1cc(C2CNCCO2)ccc1OC1CSC1. The van der Waals surface area contributed by atoms with Crippen LogP contribution in [0.1, 0.15) is 11.7 Å². The summed E-state index contributed by atoms with van der Waals surface area (Å²) in [5.41, 5.74) is 1.23. The highest BCUT2D eigenvalue weighted by Gasteiger charge is 2.20. The molecule has 1 aromatic rings. The van der Waals surface area contributed by atoms with Gasteiger partial charge in [-0.2, -0.15) is 11.8 Å². The van der Waals surface area contributed by atoms with E-state index in [1.807, 2.05) is 11.8 Å². The molecule has 0 saturated carbocycles. The monoisotopic (exact) mass is 251 g/mol. The van der Waals surface area contributed by atoms with Crippen LogP contribution in [-0.2, 0) is 4.74 Å². The van der Waals surface area contributed by atoms with Crippen molar-refractivity contribution in [2.45, 2.75) is 12.2 Å². The zero-order valence-electron chi connectivity index (χ0n) is 9.72. The Balaban J connectivity index is 1.62. The van der Waals surface area contributed by atoms with E-state index in [9.17, 15) is 0 Å². The van der Waals surface area contributed by atoms with Crippen molar-refractivity contribution in [3.63, 3.8) is 0 Å². The molecule has 0 spiro atoms. The minimum atomic E-state index is 0.192. The summed E-state index contributed by atoms with van der Waals surface area (Å²) in [5.74, 6) is 3.22. The van der Waals surface area contributed by atoms with Crippen LogP contribution in [0, 0.1) is 0 Å². The second-order valence-electron chi connectivity index (χ2n) is 4.41. The lowest BCUT2D eigenvalue weighted by Crippen LogP contribution is -2.33. The van der Waals surface area contributed by atoms with E-state index in [4.69, 9.17) is 9.47 Å². The summed E-state index contributed by atoms with van der Waals surface area (Å²) in [6.45, 7) is 2.65. The van der Waals surface area contributed by atoms with Gasteiger partial charge in [-0.15, -0.1) is 0 Å². The van der Waals surface area contributed by atoms with Crippen LogP contribution in [0.3, 0.4) is 0 Å². The van der Waals surface area contributed by atoms with Gasteiger partial charge in [0.15, 0.2) is 0 Å².